The summed E-state index contributed by atoms with van der Waals surface area (Å²) in [6, 6.07) is 0.553. The van der Waals surface area contributed by atoms with Gasteiger partial charge in [0.1, 0.15) is 0 Å². The Morgan fingerprint density at radius 2 is 1.84 bits per heavy atom. The average Bonchev–Trinajstić information content (AvgIpc) is 3.26. The molecule has 0 unspecified atom stereocenters. The van der Waals surface area contributed by atoms with Crippen molar-refractivity contribution in [3.8, 4) is 0 Å². The van der Waals surface area contributed by atoms with Crippen molar-refractivity contribution in [3.63, 3.8) is 0 Å². The van der Waals surface area contributed by atoms with Crippen molar-refractivity contribution in [2.24, 2.45) is 23.7 Å². The van der Waals surface area contributed by atoms with Gasteiger partial charge in [-0.05, 0) is 75.2 Å². The molecule has 4 saturated carbocycles. The van der Waals surface area contributed by atoms with Crippen LogP contribution in [0.25, 0.3) is 0 Å². The van der Waals surface area contributed by atoms with Crippen molar-refractivity contribution in [3.05, 3.63) is 18.7 Å². The number of carbonyl (C=O) groups excluding carboxylic acids is 1. The van der Waals surface area contributed by atoms with Gasteiger partial charge in [-0.15, -0.1) is 0 Å². The van der Waals surface area contributed by atoms with E-state index in [1.54, 1.807) is 0 Å². The van der Waals surface area contributed by atoms with E-state index in [-0.39, 0.29) is 6.04 Å². The van der Waals surface area contributed by atoms with E-state index in [4.69, 9.17) is 0 Å². The highest BCUT2D eigenvalue weighted by molar-refractivity contribution is 5.82. The first-order valence-corrected chi connectivity index (χ1v) is 10.3. The largest absolute Gasteiger partial charge is 0.351 e. The number of nitrogens with zero attached hydrogens (tertiary/aromatic N) is 3. The summed E-state index contributed by atoms with van der Waals surface area (Å²) in [4.78, 5) is 19.5. The highest BCUT2D eigenvalue weighted by Gasteiger charge is 2.49. The minimum atomic E-state index is 0.0840. The minimum absolute atomic E-state index is 0.0840. The van der Waals surface area contributed by atoms with Gasteiger partial charge in [0, 0.05) is 31.5 Å². The lowest BCUT2D eigenvalue weighted by Crippen LogP contribution is -2.58. The molecular formula is C20H30N4O. The molecule has 1 N–H and O–H groups in total. The number of hydrogen-bond acceptors (Lipinski definition) is 3. The van der Waals surface area contributed by atoms with Crippen LogP contribution in [0, 0.1) is 23.7 Å². The molecule has 0 aromatic carbocycles. The van der Waals surface area contributed by atoms with Crippen LogP contribution in [0.2, 0.25) is 0 Å². The number of carbonyl (C=O) groups is 1. The third kappa shape index (κ3) is 3.01. The fourth-order valence-corrected chi connectivity index (χ4v) is 6.47. The molecule has 1 aromatic rings. The van der Waals surface area contributed by atoms with Crippen LogP contribution in [0.3, 0.4) is 0 Å². The first-order chi connectivity index (χ1) is 12.3. The van der Waals surface area contributed by atoms with Crippen LogP contribution < -0.4 is 5.32 Å². The molecule has 4 bridgehead atoms. The van der Waals surface area contributed by atoms with Crippen molar-refractivity contribution >= 4 is 5.91 Å². The predicted octanol–water partition coefficient (Wildman–Crippen LogP) is 2.29. The van der Waals surface area contributed by atoms with E-state index >= 15 is 0 Å². The molecule has 1 aliphatic heterocycles. The SMILES string of the molecule is O=C(NC1C2CC3CC(C2)CC1C3)[C@H]1CCCN1CCn1ccnc1. The maximum absolute atomic E-state index is 13.0. The van der Waals surface area contributed by atoms with Gasteiger partial charge in [0.2, 0.25) is 5.91 Å². The van der Waals surface area contributed by atoms with Gasteiger partial charge < -0.3 is 9.88 Å². The smallest absolute Gasteiger partial charge is 0.237 e. The third-order valence-corrected chi connectivity index (χ3v) is 7.41. The lowest BCUT2D eigenvalue weighted by molar-refractivity contribution is -0.129. The summed E-state index contributed by atoms with van der Waals surface area (Å²) in [5.41, 5.74) is 0. The van der Waals surface area contributed by atoms with E-state index in [1.165, 1.54) is 32.1 Å². The first-order valence-electron chi connectivity index (χ1n) is 10.3. The molecule has 2 heterocycles. The molecule has 0 radical (unpaired) electrons. The summed E-state index contributed by atoms with van der Waals surface area (Å²) in [5.74, 6) is 3.77. The van der Waals surface area contributed by atoms with Crippen LogP contribution in [0.15, 0.2) is 18.7 Å². The zero-order chi connectivity index (χ0) is 16.8. The second-order valence-corrected chi connectivity index (χ2v) is 8.96. The van der Waals surface area contributed by atoms with Crippen molar-refractivity contribution in [1.29, 1.82) is 0 Å². The molecule has 5 aliphatic rings. The number of imidazole rings is 1. The van der Waals surface area contributed by atoms with Crippen LogP contribution in [0.4, 0.5) is 0 Å². The minimum Gasteiger partial charge on any atom is -0.351 e. The summed E-state index contributed by atoms with van der Waals surface area (Å²) < 4.78 is 2.10. The van der Waals surface area contributed by atoms with Crippen molar-refractivity contribution in [2.75, 3.05) is 13.1 Å². The van der Waals surface area contributed by atoms with E-state index in [0.717, 1.165) is 56.1 Å². The van der Waals surface area contributed by atoms with Gasteiger partial charge >= 0.3 is 0 Å². The summed E-state index contributed by atoms with van der Waals surface area (Å²) in [7, 11) is 0. The Balaban J connectivity index is 1.20. The summed E-state index contributed by atoms with van der Waals surface area (Å²) >= 11 is 0. The fourth-order valence-electron chi connectivity index (χ4n) is 6.47. The van der Waals surface area contributed by atoms with Crippen molar-refractivity contribution in [2.45, 2.75) is 63.6 Å². The zero-order valence-corrected chi connectivity index (χ0v) is 15.0. The van der Waals surface area contributed by atoms with E-state index < -0.39 is 0 Å². The van der Waals surface area contributed by atoms with E-state index in [2.05, 4.69) is 19.8 Å². The van der Waals surface area contributed by atoms with Gasteiger partial charge in [0.15, 0.2) is 0 Å². The standard InChI is InChI=1S/C20H30N4O/c25-20(18-2-1-4-24(18)7-6-23-5-3-21-13-23)22-19-16-9-14-8-15(11-16)12-17(19)10-14/h3,5,13-19H,1-2,4,6-12H2,(H,22,25)/t14?,15?,16?,17?,18-,19?/m1/s1. The van der Waals surface area contributed by atoms with Crippen LogP contribution >= 0.6 is 0 Å². The Morgan fingerprint density at radius 3 is 2.52 bits per heavy atom. The molecule has 136 valence electrons. The lowest BCUT2D eigenvalue weighted by Gasteiger charge is -2.54. The maximum Gasteiger partial charge on any atom is 0.237 e. The van der Waals surface area contributed by atoms with Crippen LogP contribution in [-0.4, -0.2) is 45.5 Å². The molecule has 0 spiro atoms. The molecule has 5 fully saturated rings. The Hall–Kier alpha value is -1.36. The normalized spacial score (nSPS) is 39.8. The van der Waals surface area contributed by atoms with Gasteiger partial charge in [-0.2, -0.15) is 0 Å². The quantitative estimate of drug-likeness (QED) is 0.893. The zero-order valence-electron chi connectivity index (χ0n) is 15.0. The Labute approximate surface area is 150 Å². The van der Waals surface area contributed by atoms with E-state index in [1.807, 2.05) is 18.7 Å². The van der Waals surface area contributed by atoms with Crippen LogP contribution in [-0.2, 0) is 11.3 Å². The van der Waals surface area contributed by atoms with Gasteiger partial charge in [-0.1, -0.05) is 0 Å². The molecular weight excluding hydrogens is 312 g/mol. The molecule has 1 amide bonds. The number of hydrogen-bond donors (Lipinski definition) is 1. The molecule has 5 nitrogen and oxygen atoms in total. The van der Waals surface area contributed by atoms with Crippen LogP contribution in [0.5, 0.6) is 0 Å². The summed E-state index contributed by atoms with van der Waals surface area (Å²) in [6.07, 6.45) is 14.8. The second-order valence-electron chi connectivity index (χ2n) is 8.96. The molecule has 6 rings (SSSR count). The number of aromatic nitrogens is 2. The second kappa shape index (κ2) is 6.42. The molecule has 4 aliphatic carbocycles. The molecule has 1 saturated heterocycles. The number of nitrogens with one attached hydrogen (secondary N) is 1. The highest BCUT2D eigenvalue weighted by atomic mass is 16.2. The number of rotatable bonds is 5. The predicted molar refractivity (Wildman–Crippen MR) is 95.8 cm³/mol. The first kappa shape index (κ1) is 15.9. The molecule has 25 heavy (non-hydrogen) atoms. The molecule has 1 atom stereocenters. The lowest BCUT2D eigenvalue weighted by atomic mass is 9.54. The fraction of sp³-hybridized carbons (Fsp3) is 0.800. The monoisotopic (exact) mass is 342 g/mol. The highest BCUT2D eigenvalue weighted by Crippen LogP contribution is 2.53. The summed E-state index contributed by atoms with van der Waals surface area (Å²) in [6.45, 7) is 2.91. The number of likely N-dealkylation sites (tertiary alicyclic amines) is 1. The van der Waals surface area contributed by atoms with E-state index in [9.17, 15) is 4.79 Å². The topological polar surface area (TPSA) is 50.2 Å². The van der Waals surface area contributed by atoms with Gasteiger partial charge in [0.25, 0.3) is 0 Å². The average molecular weight is 342 g/mol. The maximum atomic E-state index is 13.0. The van der Waals surface area contributed by atoms with Gasteiger partial charge in [-0.3, -0.25) is 9.69 Å². The molecule has 1 aromatic heterocycles. The van der Waals surface area contributed by atoms with Crippen LogP contribution in [0.1, 0.15) is 44.9 Å². The summed E-state index contributed by atoms with van der Waals surface area (Å²) in [5, 5.41) is 3.53. The van der Waals surface area contributed by atoms with Crippen molar-refractivity contribution < 1.29 is 4.79 Å². The Morgan fingerprint density at radius 1 is 1.08 bits per heavy atom. The van der Waals surface area contributed by atoms with Gasteiger partial charge in [0.05, 0.1) is 12.4 Å². The third-order valence-electron chi connectivity index (χ3n) is 7.41. The van der Waals surface area contributed by atoms with Crippen molar-refractivity contribution in [1.82, 2.24) is 19.8 Å². The Kier molecular flexibility index (Phi) is 4.07. The van der Waals surface area contributed by atoms with Gasteiger partial charge in [-0.25, -0.2) is 4.98 Å². The molecule has 5 heteroatoms. The Bertz CT molecular complexity index is 585. The van der Waals surface area contributed by atoms with E-state index in [0.29, 0.717) is 11.9 Å². The number of amides is 1.